The van der Waals surface area contributed by atoms with Gasteiger partial charge in [0.25, 0.3) is 6.20 Å². The topological polar surface area (TPSA) is 117 Å². The SMILES string of the molecule is COc1ccc(NC(=C[N+](=O)[O-])N[C@H]2CCCCN(CC(=O)N3CCCC3)C2=O)cc1. The lowest BCUT2D eigenvalue weighted by Crippen LogP contribution is -2.49. The number of carbonyl (C=O) groups is 2. The summed E-state index contributed by atoms with van der Waals surface area (Å²) in [6.45, 7) is 2.04. The molecule has 2 fully saturated rings. The summed E-state index contributed by atoms with van der Waals surface area (Å²) in [6, 6.07) is 6.27. The lowest BCUT2D eigenvalue weighted by molar-refractivity contribution is -0.403. The Morgan fingerprint density at radius 2 is 1.87 bits per heavy atom. The summed E-state index contributed by atoms with van der Waals surface area (Å²) in [5, 5.41) is 17.1. The van der Waals surface area contributed by atoms with Gasteiger partial charge in [-0.3, -0.25) is 19.7 Å². The number of rotatable bonds is 8. The van der Waals surface area contributed by atoms with E-state index in [2.05, 4.69) is 10.6 Å². The fraction of sp³-hybridized carbons (Fsp3) is 0.524. The van der Waals surface area contributed by atoms with E-state index in [1.54, 1.807) is 41.2 Å². The van der Waals surface area contributed by atoms with Crippen molar-refractivity contribution in [3.63, 3.8) is 0 Å². The summed E-state index contributed by atoms with van der Waals surface area (Å²) in [5.74, 6) is 0.525. The number of ether oxygens (including phenoxy) is 1. The molecule has 0 aromatic heterocycles. The Labute approximate surface area is 181 Å². The quantitative estimate of drug-likeness (QED) is 0.476. The maximum absolute atomic E-state index is 13.1. The first-order valence-electron chi connectivity index (χ1n) is 10.6. The number of nitro groups is 1. The number of carbonyl (C=O) groups excluding carboxylic acids is 2. The van der Waals surface area contributed by atoms with Crippen molar-refractivity contribution < 1.29 is 19.2 Å². The fourth-order valence-electron chi connectivity index (χ4n) is 3.85. The maximum Gasteiger partial charge on any atom is 0.274 e. The maximum atomic E-state index is 13.1. The van der Waals surface area contributed by atoms with Crippen molar-refractivity contribution in [1.82, 2.24) is 15.1 Å². The third kappa shape index (κ3) is 6.34. The van der Waals surface area contributed by atoms with E-state index in [1.165, 1.54) is 0 Å². The minimum Gasteiger partial charge on any atom is -0.497 e. The molecule has 0 saturated carbocycles. The van der Waals surface area contributed by atoms with Gasteiger partial charge in [-0.05, 0) is 56.4 Å². The molecule has 10 heteroatoms. The van der Waals surface area contributed by atoms with Crippen LogP contribution in [0, 0.1) is 10.1 Å². The van der Waals surface area contributed by atoms with Gasteiger partial charge in [0.15, 0.2) is 5.82 Å². The molecule has 2 aliphatic rings. The van der Waals surface area contributed by atoms with Crippen LogP contribution in [0.2, 0.25) is 0 Å². The van der Waals surface area contributed by atoms with Crippen LogP contribution in [-0.2, 0) is 9.59 Å². The van der Waals surface area contributed by atoms with Gasteiger partial charge in [0.1, 0.15) is 11.8 Å². The smallest absolute Gasteiger partial charge is 0.274 e. The number of hydrogen-bond donors (Lipinski definition) is 2. The van der Waals surface area contributed by atoms with Crippen LogP contribution in [0.15, 0.2) is 36.3 Å². The average Bonchev–Trinajstić information content (AvgIpc) is 3.24. The third-order valence-electron chi connectivity index (χ3n) is 5.50. The Balaban J connectivity index is 1.68. The molecular formula is C21H29N5O5. The lowest BCUT2D eigenvalue weighted by Gasteiger charge is -2.27. The standard InChI is InChI=1S/C21H29N5O5/c1-31-17-9-7-16(8-10-17)22-19(14-26(29)30)23-18-6-2-3-13-25(21(18)28)15-20(27)24-11-4-5-12-24/h7-10,14,18,22-23H,2-6,11-13,15H2,1H3/t18-/m0/s1. The summed E-state index contributed by atoms with van der Waals surface area (Å²) in [7, 11) is 1.56. The number of nitrogens with one attached hydrogen (secondary N) is 2. The second-order valence-electron chi connectivity index (χ2n) is 7.72. The second-order valence-corrected chi connectivity index (χ2v) is 7.72. The van der Waals surface area contributed by atoms with Gasteiger partial charge in [-0.15, -0.1) is 0 Å². The van der Waals surface area contributed by atoms with Gasteiger partial charge in [-0.25, -0.2) is 0 Å². The van der Waals surface area contributed by atoms with Crippen LogP contribution in [-0.4, -0.2) is 65.9 Å². The lowest BCUT2D eigenvalue weighted by atomic mass is 10.1. The Morgan fingerprint density at radius 3 is 2.52 bits per heavy atom. The van der Waals surface area contributed by atoms with Crippen LogP contribution in [0.25, 0.3) is 0 Å². The van der Waals surface area contributed by atoms with Crippen LogP contribution in [0.4, 0.5) is 5.69 Å². The predicted octanol–water partition coefficient (Wildman–Crippen LogP) is 1.78. The van der Waals surface area contributed by atoms with E-state index in [-0.39, 0.29) is 24.2 Å². The first kappa shape index (κ1) is 22.4. The zero-order valence-electron chi connectivity index (χ0n) is 17.7. The summed E-state index contributed by atoms with van der Waals surface area (Å²) in [6.07, 6.45) is 4.91. The number of likely N-dealkylation sites (tertiary alicyclic amines) is 2. The molecule has 10 nitrogen and oxygen atoms in total. The second kappa shape index (κ2) is 10.6. The Morgan fingerprint density at radius 1 is 1.19 bits per heavy atom. The van der Waals surface area contributed by atoms with Crippen LogP contribution >= 0.6 is 0 Å². The number of amides is 2. The molecule has 0 aliphatic carbocycles. The normalized spacial score (nSPS) is 19.7. The van der Waals surface area contributed by atoms with Gasteiger partial charge in [0.2, 0.25) is 11.8 Å². The summed E-state index contributed by atoms with van der Waals surface area (Å²) in [5.41, 5.74) is 0.614. The molecule has 2 aliphatic heterocycles. The van der Waals surface area contributed by atoms with Gasteiger partial charge in [0.05, 0.1) is 18.6 Å². The van der Waals surface area contributed by atoms with Crippen LogP contribution < -0.4 is 15.4 Å². The molecule has 3 rings (SSSR count). The zero-order chi connectivity index (χ0) is 22.2. The van der Waals surface area contributed by atoms with Crippen molar-refractivity contribution in [3.05, 3.63) is 46.4 Å². The van der Waals surface area contributed by atoms with Crippen molar-refractivity contribution in [2.75, 3.05) is 38.6 Å². The van der Waals surface area contributed by atoms with E-state index in [0.29, 0.717) is 24.4 Å². The third-order valence-corrected chi connectivity index (χ3v) is 5.50. The van der Waals surface area contributed by atoms with Crippen molar-refractivity contribution in [2.45, 2.75) is 38.1 Å². The Hall–Kier alpha value is -3.30. The van der Waals surface area contributed by atoms with Gasteiger partial charge < -0.3 is 25.2 Å². The number of benzene rings is 1. The number of anilines is 1. The molecule has 2 N–H and O–H groups in total. The highest BCUT2D eigenvalue weighted by Crippen LogP contribution is 2.18. The molecular weight excluding hydrogens is 402 g/mol. The molecule has 0 spiro atoms. The minimum absolute atomic E-state index is 0.0380. The molecule has 2 heterocycles. The molecule has 1 aromatic carbocycles. The Bertz CT molecular complexity index is 820. The Kier molecular flexibility index (Phi) is 7.69. The summed E-state index contributed by atoms with van der Waals surface area (Å²) < 4.78 is 5.12. The fourth-order valence-corrected chi connectivity index (χ4v) is 3.85. The number of nitrogens with zero attached hydrogens (tertiary/aromatic N) is 3. The largest absolute Gasteiger partial charge is 0.497 e. The molecule has 0 unspecified atom stereocenters. The molecule has 2 amide bonds. The highest BCUT2D eigenvalue weighted by Gasteiger charge is 2.30. The van der Waals surface area contributed by atoms with E-state index >= 15 is 0 Å². The van der Waals surface area contributed by atoms with Crippen molar-refractivity contribution >= 4 is 17.5 Å². The molecule has 2 saturated heterocycles. The van der Waals surface area contributed by atoms with Crippen LogP contribution in [0.3, 0.4) is 0 Å². The molecule has 31 heavy (non-hydrogen) atoms. The monoisotopic (exact) mass is 431 g/mol. The average molecular weight is 431 g/mol. The number of methoxy groups -OCH3 is 1. The number of hydrogen-bond acceptors (Lipinski definition) is 7. The van der Waals surface area contributed by atoms with Crippen molar-refractivity contribution in [2.24, 2.45) is 0 Å². The van der Waals surface area contributed by atoms with E-state index < -0.39 is 11.0 Å². The molecule has 168 valence electrons. The molecule has 1 atom stereocenters. The van der Waals surface area contributed by atoms with Crippen molar-refractivity contribution in [3.8, 4) is 5.75 Å². The molecule has 0 bridgehead atoms. The van der Waals surface area contributed by atoms with Gasteiger partial charge >= 0.3 is 0 Å². The predicted molar refractivity (Wildman–Crippen MR) is 115 cm³/mol. The van der Waals surface area contributed by atoms with Crippen molar-refractivity contribution in [1.29, 1.82) is 0 Å². The van der Waals surface area contributed by atoms with Crippen LogP contribution in [0.1, 0.15) is 32.1 Å². The molecule has 1 aromatic rings. The minimum atomic E-state index is -0.647. The van der Waals surface area contributed by atoms with Crippen LogP contribution in [0.5, 0.6) is 5.75 Å². The zero-order valence-corrected chi connectivity index (χ0v) is 17.7. The van der Waals surface area contributed by atoms with E-state index in [4.69, 9.17) is 4.74 Å². The van der Waals surface area contributed by atoms with E-state index in [0.717, 1.165) is 45.0 Å². The van der Waals surface area contributed by atoms with E-state index in [1.807, 2.05) is 0 Å². The highest BCUT2D eigenvalue weighted by molar-refractivity contribution is 5.88. The summed E-state index contributed by atoms with van der Waals surface area (Å²) >= 11 is 0. The van der Waals surface area contributed by atoms with Gasteiger partial charge in [-0.1, -0.05) is 0 Å². The summed E-state index contributed by atoms with van der Waals surface area (Å²) in [4.78, 5) is 39.6. The molecule has 0 radical (unpaired) electrons. The van der Waals surface area contributed by atoms with Gasteiger partial charge in [-0.2, -0.15) is 0 Å². The first-order valence-corrected chi connectivity index (χ1v) is 10.6. The highest BCUT2D eigenvalue weighted by atomic mass is 16.6. The first-order chi connectivity index (χ1) is 15.0. The van der Waals surface area contributed by atoms with E-state index in [9.17, 15) is 19.7 Å². The van der Waals surface area contributed by atoms with Gasteiger partial charge in [0, 0.05) is 25.3 Å².